The van der Waals surface area contributed by atoms with Crippen molar-refractivity contribution in [2.45, 2.75) is 38.8 Å². The number of amides is 1. The van der Waals surface area contributed by atoms with Crippen LogP contribution in [-0.4, -0.2) is 53.0 Å². The maximum Gasteiger partial charge on any atom is 0.227 e. The Hall–Kier alpha value is -2.83. The molecule has 7 heteroatoms. The zero-order chi connectivity index (χ0) is 20.2. The molecule has 154 valence electrons. The van der Waals surface area contributed by atoms with Crippen LogP contribution in [0.15, 0.2) is 48.0 Å². The number of nitrogens with one attached hydrogen (secondary N) is 1. The van der Waals surface area contributed by atoms with Crippen molar-refractivity contribution < 1.29 is 4.79 Å². The number of imidazole rings is 1. The first kappa shape index (κ1) is 19.5. The highest BCUT2D eigenvalue weighted by Crippen LogP contribution is 2.27. The number of hydrogen-bond donors (Lipinski definition) is 1. The Bertz CT molecular complexity index is 845. The highest BCUT2D eigenvalue weighted by atomic mass is 16.2. The molecule has 1 amide bonds. The average Bonchev–Trinajstić information content (AvgIpc) is 3.42. The minimum absolute atomic E-state index is 0.225. The minimum atomic E-state index is 0.225. The van der Waals surface area contributed by atoms with Crippen LogP contribution in [0.3, 0.4) is 0 Å². The fourth-order valence-electron chi connectivity index (χ4n) is 4.32. The van der Waals surface area contributed by atoms with E-state index in [0.29, 0.717) is 24.9 Å². The van der Waals surface area contributed by atoms with E-state index in [2.05, 4.69) is 43.8 Å². The van der Waals surface area contributed by atoms with Gasteiger partial charge in [0, 0.05) is 57.7 Å². The van der Waals surface area contributed by atoms with Gasteiger partial charge < -0.3 is 19.7 Å². The Morgan fingerprint density at radius 2 is 2.10 bits per heavy atom. The number of rotatable bonds is 4. The SMILES string of the molecule is CN=C(NCc1ccc(N2CCCC2=O)cc1)N1CCC(C)C(n2ccnc2)C1. The van der Waals surface area contributed by atoms with Gasteiger partial charge in [-0.05, 0) is 36.5 Å². The van der Waals surface area contributed by atoms with Crippen LogP contribution in [0.2, 0.25) is 0 Å². The standard InChI is InChI=1S/C22H30N6O/c1-17-9-12-26(15-20(17)27-13-10-24-16-27)22(23-2)25-14-18-5-7-19(8-6-18)28-11-3-4-21(28)29/h5-8,10,13,16-17,20H,3-4,9,11-12,14-15H2,1-2H3,(H,23,25). The number of benzene rings is 1. The molecule has 1 aromatic carbocycles. The minimum Gasteiger partial charge on any atom is -0.352 e. The molecule has 2 saturated heterocycles. The first-order valence-electron chi connectivity index (χ1n) is 10.5. The van der Waals surface area contributed by atoms with Crippen LogP contribution in [0.5, 0.6) is 0 Å². The van der Waals surface area contributed by atoms with E-state index in [-0.39, 0.29) is 5.91 Å². The summed E-state index contributed by atoms with van der Waals surface area (Å²) in [4.78, 5) is 24.8. The molecule has 2 aliphatic heterocycles. The molecule has 2 aliphatic rings. The molecule has 2 unspecified atom stereocenters. The second kappa shape index (κ2) is 8.68. The fraction of sp³-hybridized carbons (Fsp3) is 0.500. The molecule has 2 atom stereocenters. The molecule has 1 N–H and O–H groups in total. The normalized spacial score (nSPS) is 23.0. The van der Waals surface area contributed by atoms with E-state index in [1.54, 1.807) is 0 Å². The molecule has 0 bridgehead atoms. The van der Waals surface area contributed by atoms with Crippen LogP contribution in [-0.2, 0) is 11.3 Å². The van der Waals surface area contributed by atoms with Crippen LogP contribution < -0.4 is 10.2 Å². The van der Waals surface area contributed by atoms with Crippen molar-refractivity contribution in [3.05, 3.63) is 48.5 Å². The zero-order valence-corrected chi connectivity index (χ0v) is 17.3. The number of aliphatic imine (C=N–C) groups is 1. The van der Waals surface area contributed by atoms with Crippen molar-refractivity contribution in [2.24, 2.45) is 10.9 Å². The molecule has 3 heterocycles. The predicted octanol–water partition coefficient (Wildman–Crippen LogP) is 2.67. The number of hydrogen-bond acceptors (Lipinski definition) is 3. The summed E-state index contributed by atoms with van der Waals surface area (Å²) in [5.41, 5.74) is 2.17. The van der Waals surface area contributed by atoms with Gasteiger partial charge in [-0.25, -0.2) is 4.98 Å². The van der Waals surface area contributed by atoms with Crippen molar-refractivity contribution >= 4 is 17.6 Å². The number of carbonyl (C=O) groups excluding carboxylic acids is 1. The first-order valence-corrected chi connectivity index (χ1v) is 10.5. The second-order valence-corrected chi connectivity index (χ2v) is 8.01. The van der Waals surface area contributed by atoms with E-state index in [4.69, 9.17) is 0 Å². The number of piperidine rings is 1. The smallest absolute Gasteiger partial charge is 0.227 e. The van der Waals surface area contributed by atoms with Gasteiger partial charge in [-0.15, -0.1) is 0 Å². The van der Waals surface area contributed by atoms with Crippen LogP contribution in [0, 0.1) is 5.92 Å². The van der Waals surface area contributed by atoms with Crippen molar-refractivity contribution in [1.82, 2.24) is 19.8 Å². The Kier molecular flexibility index (Phi) is 5.83. The number of carbonyl (C=O) groups is 1. The summed E-state index contributed by atoms with van der Waals surface area (Å²) < 4.78 is 2.21. The van der Waals surface area contributed by atoms with Gasteiger partial charge in [0.25, 0.3) is 0 Å². The fourth-order valence-corrected chi connectivity index (χ4v) is 4.32. The van der Waals surface area contributed by atoms with Crippen molar-refractivity contribution in [3.8, 4) is 0 Å². The lowest BCUT2D eigenvalue weighted by Gasteiger charge is -2.39. The molecule has 7 nitrogen and oxygen atoms in total. The summed E-state index contributed by atoms with van der Waals surface area (Å²) in [6.45, 7) is 5.78. The molecular formula is C22H30N6O. The van der Waals surface area contributed by atoms with E-state index in [0.717, 1.165) is 44.1 Å². The molecule has 2 fully saturated rings. The van der Waals surface area contributed by atoms with E-state index in [9.17, 15) is 4.79 Å². The maximum absolute atomic E-state index is 11.9. The van der Waals surface area contributed by atoms with Gasteiger partial charge in [0.05, 0.1) is 12.4 Å². The van der Waals surface area contributed by atoms with Gasteiger partial charge in [0.1, 0.15) is 0 Å². The first-order chi connectivity index (χ1) is 14.2. The van der Waals surface area contributed by atoms with E-state index in [1.165, 1.54) is 5.56 Å². The largest absolute Gasteiger partial charge is 0.352 e. The molecule has 0 radical (unpaired) electrons. The molecular weight excluding hydrogens is 364 g/mol. The van der Waals surface area contributed by atoms with Gasteiger partial charge in [-0.3, -0.25) is 9.79 Å². The van der Waals surface area contributed by atoms with E-state index < -0.39 is 0 Å². The van der Waals surface area contributed by atoms with Crippen molar-refractivity contribution in [2.75, 3.05) is 31.6 Å². The molecule has 0 spiro atoms. The Labute approximate surface area is 172 Å². The predicted molar refractivity (Wildman–Crippen MR) is 115 cm³/mol. The highest BCUT2D eigenvalue weighted by molar-refractivity contribution is 5.95. The average molecular weight is 395 g/mol. The third-order valence-electron chi connectivity index (χ3n) is 6.11. The molecule has 4 rings (SSSR count). The van der Waals surface area contributed by atoms with Crippen LogP contribution in [0.25, 0.3) is 0 Å². The number of likely N-dealkylation sites (tertiary alicyclic amines) is 1. The van der Waals surface area contributed by atoms with E-state index >= 15 is 0 Å². The van der Waals surface area contributed by atoms with Gasteiger partial charge >= 0.3 is 0 Å². The van der Waals surface area contributed by atoms with Gasteiger partial charge in [-0.1, -0.05) is 19.1 Å². The summed E-state index contributed by atoms with van der Waals surface area (Å²) >= 11 is 0. The van der Waals surface area contributed by atoms with Gasteiger partial charge in [0.15, 0.2) is 5.96 Å². The summed E-state index contributed by atoms with van der Waals surface area (Å²) in [5, 5.41) is 3.50. The van der Waals surface area contributed by atoms with Gasteiger partial charge in [0.2, 0.25) is 5.91 Å². The topological polar surface area (TPSA) is 65.8 Å². The quantitative estimate of drug-likeness (QED) is 0.640. The Morgan fingerprint density at radius 1 is 1.28 bits per heavy atom. The van der Waals surface area contributed by atoms with Crippen LogP contribution in [0.1, 0.15) is 37.8 Å². The third kappa shape index (κ3) is 4.28. The summed E-state index contributed by atoms with van der Waals surface area (Å²) in [5.74, 6) is 1.77. The number of aromatic nitrogens is 2. The molecule has 0 aliphatic carbocycles. The monoisotopic (exact) mass is 394 g/mol. The summed E-state index contributed by atoms with van der Waals surface area (Å²) in [6.07, 6.45) is 8.54. The number of anilines is 1. The molecule has 2 aromatic rings. The summed E-state index contributed by atoms with van der Waals surface area (Å²) in [6, 6.07) is 8.67. The third-order valence-corrected chi connectivity index (χ3v) is 6.11. The Morgan fingerprint density at radius 3 is 2.76 bits per heavy atom. The lowest BCUT2D eigenvalue weighted by atomic mass is 9.93. The Balaban J connectivity index is 1.36. The van der Waals surface area contributed by atoms with Crippen molar-refractivity contribution in [1.29, 1.82) is 0 Å². The molecule has 1 aromatic heterocycles. The number of nitrogens with zero attached hydrogens (tertiary/aromatic N) is 5. The number of guanidine groups is 1. The summed E-state index contributed by atoms with van der Waals surface area (Å²) in [7, 11) is 1.84. The zero-order valence-electron chi connectivity index (χ0n) is 17.3. The molecule has 0 saturated carbocycles. The molecule has 29 heavy (non-hydrogen) atoms. The van der Waals surface area contributed by atoms with Crippen LogP contribution >= 0.6 is 0 Å². The van der Waals surface area contributed by atoms with E-state index in [1.807, 2.05) is 42.8 Å². The highest BCUT2D eigenvalue weighted by Gasteiger charge is 2.29. The van der Waals surface area contributed by atoms with Crippen molar-refractivity contribution in [3.63, 3.8) is 0 Å². The lowest BCUT2D eigenvalue weighted by Crippen LogP contribution is -2.48. The lowest BCUT2D eigenvalue weighted by molar-refractivity contribution is -0.117. The van der Waals surface area contributed by atoms with Crippen LogP contribution in [0.4, 0.5) is 5.69 Å². The maximum atomic E-state index is 11.9. The van der Waals surface area contributed by atoms with Gasteiger partial charge in [-0.2, -0.15) is 0 Å². The second-order valence-electron chi connectivity index (χ2n) is 8.01.